The zero-order valence-corrected chi connectivity index (χ0v) is 11.4. The van der Waals surface area contributed by atoms with Crippen LogP contribution < -0.4 is 0 Å². The minimum Gasteiger partial charge on any atom is -0.395 e. The summed E-state index contributed by atoms with van der Waals surface area (Å²) in [5.74, 6) is 0. The summed E-state index contributed by atoms with van der Waals surface area (Å²) in [5, 5.41) is 17.7. The Hall–Kier alpha value is -0.900. The van der Waals surface area contributed by atoms with E-state index < -0.39 is 0 Å². The van der Waals surface area contributed by atoms with Crippen LogP contribution in [0.1, 0.15) is 20.8 Å². The van der Waals surface area contributed by atoms with Crippen molar-refractivity contribution in [2.75, 3.05) is 32.8 Å². The molecule has 2 N–H and O–H groups in total. The van der Waals surface area contributed by atoms with Crippen molar-refractivity contribution >= 4 is 0 Å². The Balaban J connectivity index is 0. The third-order valence-electron chi connectivity index (χ3n) is 1.93. The Labute approximate surface area is 106 Å². The molecule has 0 rings (SSSR count). The molecule has 3 nitrogen and oxygen atoms in total. The van der Waals surface area contributed by atoms with Gasteiger partial charge >= 0.3 is 0 Å². The predicted molar refractivity (Wildman–Crippen MR) is 75.1 cm³/mol. The number of allylic oxidation sites excluding steroid dienone is 2. The molecule has 0 radical (unpaired) electrons. The van der Waals surface area contributed by atoms with Gasteiger partial charge in [-0.3, -0.25) is 4.90 Å². The van der Waals surface area contributed by atoms with Gasteiger partial charge in [-0.1, -0.05) is 44.7 Å². The molecule has 0 unspecified atom stereocenters. The fourth-order valence-electron chi connectivity index (χ4n) is 1.30. The van der Waals surface area contributed by atoms with Crippen molar-refractivity contribution in [3.63, 3.8) is 0 Å². The Bertz CT molecular complexity index is 228. The Morgan fingerprint density at radius 3 is 1.94 bits per heavy atom. The third kappa shape index (κ3) is 11.4. The predicted octanol–water partition coefficient (Wildman–Crippen LogP) is 1.99. The maximum atomic E-state index is 8.84. The fourth-order valence-corrected chi connectivity index (χ4v) is 1.30. The van der Waals surface area contributed by atoms with Crippen molar-refractivity contribution in [2.24, 2.45) is 0 Å². The lowest BCUT2D eigenvalue weighted by molar-refractivity contribution is 0.170. The summed E-state index contributed by atoms with van der Waals surface area (Å²) in [6.07, 6.45) is 3.73. The molecule has 100 valence electrons. The molecule has 0 aromatic heterocycles. The quantitative estimate of drug-likeness (QED) is 0.639. The van der Waals surface area contributed by atoms with Crippen LogP contribution in [0.2, 0.25) is 0 Å². The molecule has 0 heterocycles. The van der Waals surface area contributed by atoms with E-state index in [2.05, 4.69) is 13.2 Å². The third-order valence-corrected chi connectivity index (χ3v) is 1.93. The van der Waals surface area contributed by atoms with Gasteiger partial charge in [-0.25, -0.2) is 0 Å². The first kappa shape index (κ1) is 18.5. The monoisotopic (exact) mass is 241 g/mol. The molecule has 0 bridgehead atoms. The van der Waals surface area contributed by atoms with Crippen LogP contribution in [-0.2, 0) is 0 Å². The fraction of sp³-hybridized carbons (Fsp3) is 0.571. The van der Waals surface area contributed by atoms with Crippen LogP contribution in [0.4, 0.5) is 0 Å². The van der Waals surface area contributed by atoms with Crippen molar-refractivity contribution in [3.8, 4) is 0 Å². The van der Waals surface area contributed by atoms with E-state index in [1.54, 1.807) is 6.08 Å². The highest BCUT2D eigenvalue weighted by atomic mass is 16.3. The molecule has 0 saturated carbocycles. The summed E-state index contributed by atoms with van der Waals surface area (Å²) in [7, 11) is 0. The first-order valence-electron chi connectivity index (χ1n) is 6.06. The van der Waals surface area contributed by atoms with Crippen molar-refractivity contribution in [2.45, 2.75) is 20.8 Å². The Morgan fingerprint density at radius 1 is 1.18 bits per heavy atom. The number of aliphatic hydroxyl groups is 2. The molecule has 0 aliphatic rings. The van der Waals surface area contributed by atoms with Gasteiger partial charge in [0.15, 0.2) is 0 Å². The standard InChI is InChI=1S/C12H21NO2.C2H6/c1-4-12(9-11(2)3)10-13(5-7-14)6-8-15;1-2/h4,9,14-15H,1-2,5-8,10H2,3H3;1-2H3/b12-9+;. The zero-order chi connectivity index (χ0) is 13.7. The second kappa shape index (κ2) is 13.2. The van der Waals surface area contributed by atoms with E-state index in [1.165, 1.54) is 0 Å². The molecule has 0 aromatic rings. The molecule has 0 saturated heterocycles. The highest BCUT2D eigenvalue weighted by molar-refractivity contribution is 5.27. The van der Waals surface area contributed by atoms with Crippen molar-refractivity contribution in [1.82, 2.24) is 4.90 Å². The van der Waals surface area contributed by atoms with Crippen LogP contribution in [0.25, 0.3) is 0 Å². The highest BCUT2D eigenvalue weighted by Gasteiger charge is 2.04. The molecular formula is C14H27NO2. The summed E-state index contributed by atoms with van der Waals surface area (Å²) in [6, 6.07) is 0. The summed E-state index contributed by atoms with van der Waals surface area (Å²) < 4.78 is 0. The summed E-state index contributed by atoms with van der Waals surface area (Å²) in [6.45, 7) is 15.4. The van der Waals surface area contributed by atoms with Gasteiger partial charge in [-0.2, -0.15) is 0 Å². The number of aliphatic hydroxyl groups excluding tert-OH is 2. The van der Waals surface area contributed by atoms with Crippen molar-refractivity contribution in [1.29, 1.82) is 0 Å². The molecule has 17 heavy (non-hydrogen) atoms. The van der Waals surface area contributed by atoms with E-state index in [4.69, 9.17) is 10.2 Å². The average Bonchev–Trinajstić information content (AvgIpc) is 2.31. The number of hydrogen-bond donors (Lipinski definition) is 2. The van der Waals surface area contributed by atoms with Gasteiger partial charge in [0.25, 0.3) is 0 Å². The topological polar surface area (TPSA) is 43.7 Å². The lowest BCUT2D eigenvalue weighted by Crippen LogP contribution is -2.31. The summed E-state index contributed by atoms with van der Waals surface area (Å²) >= 11 is 0. The van der Waals surface area contributed by atoms with Gasteiger partial charge in [-0.15, -0.1) is 0 Å². The van der Waals surface area contributed by atoms with Crippen LogP contribution >= 0.6 is 0 Å². The first-order chi connectivity index (χ1) is 8.13. The largest absolute Gasteiger partial charge is 0.395 e. The second-order valence-electron chi connectivity index (χ2n) is 3.49. The maximum absolute atomic E-state index is 8.84. The molecule has 3 heteroatoms. The maximum Gasteiger partial charge on any atom is 0.0558 e. The van der Waals surface area contributed by atoms with Crippen LogP contribution in [0.3, 0.4) is 0 Å². The summed E-state index contributed by atoms with van der Waals surface area (Å²) in [4.78, 5) is 1.97. The zero-order valence-electron chi connectivity index (χ0n) is 11.4. The molecule has 0 fully saturated rings. The second-order valence-corrected chi connectivity index (χ2v) is 3.49. The first-order valence-corrected chi connectivity index (χ1v) is 6.06. The summed E-state index contributed by atoms with van der Waals surface area (Å²) in [5.41, 5.74) is 2.02. The molecule has 0 atom stereocenters. The molecular weight excluding hydrogens is 214 g/mol. The molecule has 0 aromatic carbocycles. The van der Waals surface area contributed by atoms with Crippen molar-refractivity contribution in [3.05, 3.63) is 36.5 Å². The van der Waals surface area contributed by atoms with Gasteiger partial charge in [0, 0.05) is 19.6 Å². The van der Waals surface area contributed by atoms with Crippen LogP contribution in [0, 0.1) is 0 Å². The van der Waals surface area contributed by atoms with Gasteiger partial charge < -0.3 is 10.2 Å². The normalized spacial score (nSPS) is 10.8. The van der Waals surface area contributed by atoms with E-state index >= 15 is 0 Å². The van der Waals surface area contributed by atoms with Gasteiger partial charge in [-0.05, 0) is 12.5 Å². The molecule has 0 amide bonds. The number of nitrogens with zero attached hydrogens (tertiary/aromatic N) is 1. The number of rotatable bonds is 8. The van der Waals surface area contributed by atoms with E-state index in [9.17, 15) is 0 Å². The lowest BCUT2D eigenvalue weighted by atomic mass is 10.1. The Kier molecular flexibility index (Phi) is 14.3. The minimum absolute atomic E-state index is 0.0947. The van der Waals surface area contributed by atoms with E-state index in [-0.39, 0.29) is 13.2 Å². The molecule has 0 aliphatic carbocycles. The lowest BCUT2D eigenvalue weighted by Gasteiger charge is -2.20. The van der Waals surface area contributed by atoms with E-state index in [0.29, 0.717) is 19.6 Å². The van der Waals surface area contributed by atoms with Gasteiger partial charge in [0.2, 0.25) is 0 Å². The highest BCUT2D eigenvalue weighted by Crippen LogP contribution is 2.04. The smallest absolute Gasteiger partial charge is 0.0558 e. The molecule has 0 aliphatic heterocycles. The Morgan fingerprint density at radius 2 is 1.65 bits per heavy atom. The van der Waals surface area contributed by atoms with E-state index in [1.807, 2.05) is 31.7 Å². The van der Waals surface area contributed by atoms with Gasteiger partial charge in [0.1, 0.15) is 0 Å². The number of hydrogen-bond acceptors (Lipinski definition) is 3. The SMILES string of the molecule is C=C/C(=C\C(=C)C)CN(CCO)CCO.CC. The van der Waals surface area contributed by atoms with Crippen LogP contribution in [0.5, 0.6) is 0 Å². The molecule has 0 spiro atoms. The van der Waals surface area contributed by atoms with Crippen LogP contribution in [0.15, 0.2) is 36.5 Å². The van der Waals surface area contributed by atoms with Crippen molar-refractivity contribution < 1.29 is 10.2 Å². The van der Waals surface area contributed by atoms with E-state index in [0.717, 1.165) is 11.1 Å². The van der Waals surface area contributed by atoms with Gasteiger partial charge in [0.05, 0.1) is 13.2 Å². The van der Waals surface area contributed by atoms with Crippen LogP contribution in [-0.4, -0.2) is 48.0 Å². The average molecular weight is 241 g/mol. The minimum atomic E-state index is 0.0947.